The van der Waals surface area contributed by atoms with Gasteiger partial charge in [0.25, 0.3) is 20.2 Å². The zero-order valence-corrected chi connectivity index (χ0v) is 31.4. The van der Waals surface area contributed by atoms with Crippen molar-refractivity contribution in [3.63, 3.8) is 0 Å². The Labute approximate surface area is 304 Å². The molecule has 52 heavy (non-hydrogen) atoms. The van der Waals surface area contributed by atoms with Crippen molar-refractivity contribution in [2.45, 2.75) is 45.2 Å². The number of nitrogens with zero attached hydrogens (tertiary/aromatic N) is 9. The molecule has 1 aliphatic rings. The van der Waals surface area contributed by atoms with E-state index in [1.165, 1.54) is 18.5 Å². The molecular formula is C32H45N9O9S2. The number of methoxy groups -OCH3 is 1. The van der Waals surface area contributed by atoms with E-state index in [1.54, 1.807) is 7.11 Å². The molecule has 0 N–H and O–H groups in total. The van der Waals surface area contributed by atoms with Crippen LogP contribution >= 0.6 is 0 Å². The van der Waals surface area contributed by atoms with Gasteiger partial charge in [0.15, 0.2) is 0 Å². The molecule has 0 radical (unpaired) electrons. The summed E-state index contributed by atoms with van der Waals surface area (Å²) in [6.07, 6.45) is 15.3. The summed E-state index contributed by atoms with van der Waals surface area (Å²) in [5, 5.41) is 35.7. The number of aromatic nitrogens is 4. The Morgan fingerprint density at radius 2 is 1.08 bits per heavy atom. The van der Waals surface area contributed by atoms with E-state index < -0.39 is 20.2 Å². The number of hydrogen-bond donors (Lipinski definition) is 0. The lowest BCUT2D eigenvalue weighted by molar-refractivity contribution is -0.657. The van der Waals surface area contributed by atoms with Crippen LogP contribution in [0.2, 0.25) is 0 Å². The average molecular weight is 764 g/mol. The lowest BCUT2D eigenvalue weighted by Crippen LogP contribution is -2.25. The van der Waals surface area contributed by atoms with Crippen molar-refractivity contribution in [1.82, 2.24) is 9.13 Å². The normalized spacial score (nSPS) is 13.2. The maximum absolute atomic E-state index is 9.47. The van der Waals surface area contributed by atoms with E-state index in [0.717, 1.165) is 74.5 Å². The molecule has 1 saturated heterocycles. The van der Waals surface area contributed by atoms with Gasteiger partial charge < -0.3 is 28.8 Å². The van der Waals surface area contributed by atoms with Crippen LogP contribution in [0, 0.1) is 0 Å². The number of hydrogen-bond acceptors (Lipinski definition) is 14. The highest BCUT2D eigenvalue weighted by atomic mass is 32.2. The molecule has 0 amide bonds. The van der Waals surface area contributed by atoms with E-state index in [2.05, 4.69) is 79.8 Å². The number of anilines is 1. The van der Waals surface area contributed by atoms with E-state index >= 15 is 0 Å². The van der Waals surface area contributed by atoms with E-state index in [0.29, 0.717) is 12.5 Å². The molecule has 1 aliphatic heterocycles. The van der Waals surface area contributed by atoms with Crippen LogP contribution in [0.1, 0.15) is 32.1 Å². The summed E-state index contributed by atoms with van der Waals surface area (Å²) in [5.41, 5.74) is 2.93. The molecule has 2 aromatic heterocycles. The number of benzene rings is 2. The summed E-state index contributed by atoms with van der Waals surface area (Å²) >= 11 is 0. The summed E-state index contributed by atoms with van der Waals surface area (Å²) in [7, 11) is -1.78. The van der Waals surface area contributed by atoms with Crippen molar-refractivity contribution >= 4 is 49.2 Å². The van der Waals surface area contributed by atoms with Crippen molar-refractivity contribution in [2.24, 2.45) is 34.6 Å². The van der Waals surface area contributed by atoms with Gasteiger partial charge in [0.05, 0.1) is 71.6 Å². The van der Waals surface area contributed by atoms with Gasteiger partial charge in [0, 0.05) is 29.0 Å². The molecule has 284 valence electrons. The first-order valence-electron chi connectivity index (χ1n) is 16.2. The summed E-state index contributed by atoms with van der Waals surface area (Å²) in [5.74, 6) is 2.48. The molecule has 5 rings (SSSR count). The molecule has 1 fully saturated rings. The molecule has 3 heterocycles. The van der Waals surface area contributed by atoms with Crippen LogP contribution in [0.3, 0.4) is 0 Å². The number of ether oxygens (including phenoxy) is 1. The first-order chi connectivity index (χ1) is 24.7. The van der Waals surface area contributed by atoms with Gasteiger partial charge in [0.2, 0.25) is 0 Å². The Kier molecular flexibility index (Phi) is 16.4. The first kappa shape index (κ1) is 41.8. The summed E-state index contributed by atoms with van der Waals surface area (Å²) < 4.78 is 56.7. The molecule has 2 aromatic carbocycles. The minimum atomic E-state index is -3.72. The number of azo groups is 2. The summed E-state index contributed by atoms with van der Waals surface area (Å²) in [6, 6.07) is 16.0. The number of rotatable bonds is 14. The van der Waals surface area contributed by atoms with Crippen molar-refractivity contribution in [2.75, 3.05) is 37.6 Å². The third-order valence-electron chi connectivity index (χ3n) is 7.53. The molecular weight excluding hydrogens is 719 g/mol. The average Bonchev–Trinajstić information content (AvgIpc) is 3.88. The third kappa shape index (κ3) is 14.6. The maximum Gasteiger partial charge on any atom is 0.421 e. The first-order valence-corrected chi connectivity index (χ1v) is 19.8. The Morgan fingerprint density at radius 1 is 0.673 bits per heavy atom. The minimum Gasteiger partial charge on any atom is -0.707 e. The van der Waals surface area contributed by atoms with Crippen LogP contribution in [0.4, 0.5) is 29.0 Å². The predicted molar refractivity (Wildman–Crippen MR) is 186 cm³/mol. The quantitative estimate of drug-likeness (QED) is 0.0602. The SMILES string of the molecule is COc1ccc(N=Nc2n(CCCCCn3cc[n+](C)c3N=Nc3ccc(N4CCCC4)cc3)cc[n+]2C)cc1.CS(=O)(=O)O[O-].CS(=O)(=O)O[O-]. The summed E-state index contributed by atoms with van der Waals surface area (Å²) in [6.45, 7) is 4.07. The maximum atomic E-state index is 9.47. The topological polar surface area (TPSA) is 212 Å². The van der Waals surface area contributed by atoms with Crippen LogP contribution in [-0.4, -0.2) is 58.7 Å². The van der Waals surface area contributed by atoms with Gasteiger partial charge in [-0.15, -0.1) is 0 Å². The van der Waals surface area contributed by atoms with Crippen molar-refractivity contribution in [3.05, 3.63) is 73.3 Å². The van der Waals surface area contributed by atoms with Crippen LogP contribution in [0.15, 0.2) is 93.8 Å². The molecule has 0 unspecified atom stereocenters. The monoisotopic (exact) mass is 763 g/mol. The fraction of sp³-hybridized carbons (Fsp3) is 0.438. The Bertz CT molecular complexity index is 1920. The van der Waals surface area contributed by atoms with Crippen molar-refractivity contribution < 1.29 is 49.9 Å². The largest absolute Gasteiger partial charge is 0.707 e. The fourth-order valence-electron chi connectivity index (χ4n) is 4.94. The van der Waals surface area contributed by atoms with Gasteiger partial charge in [-0.2, -0.15) is 0 Å². The highest BCUT2D eigenvalue weighted by molar-refractivity contribution is 7.86. The highest BCUT2D eigenvalue weighted by Gasteiger charge is 2.17. The van der Waals surface area contributed by atoms with Gasteiger partial charge in [-0.1, -0.05) is 10.2 Å². The third-order valence-corrected chi connectivity index (χ3v) is 8.03. The molecule has 18 nitrogen and oxygen atoms in total. The number of imidazole rings is 2. The van der Waals surface area contributed by atoms with Crippen molar-refractivity contribution in [1.29, 1.82) is 0 Å². The van der Waals surface area contributed by atoms with E-state index in [-0.39, 0.29) is 0 Å². The van der Waals surface area contributed by atoms with Crippen LogP contribution in [0.25, 0.3) is 0 Å². The molecule has 0 spiro atoms. The van der Waals surface area contributed by atoms with Crippen LogP contribution < -0.4 is 29.3 Å². The molecule has 20 heteroatoms. The van der Waals surface area contributed by atoms with Crippen LogP contribution in [-0.2, 0) is 56.1 Å². The molecule has 0 atom stereocenters. The van der Waals surface area contributed by atoms with Crippen molar-refractivity contribution in [3.8, 4) is 5.75 Å². The van der Waals surface area contributed by atoms with E-state index in [1.807, 2.05) is 59.9 Å². The Balaban J connectivity index is 0.000000524. The molecule has 0 saturated carbocycles. The lowest BCUT2D eigenvalue weighted by Gasteiger charge is -2.16. The second kappa shape index (κ2) is 20.4. The van der Waals surface area contributed by atoms with E-state index in [4.69, 9.17) is 15.3 Å². The Morgan fingerprint density at radius 3 is 1.46 bits per heavy atom. The molecule has 4 aromatic rings. The smallest absolute Gasteiger partial charge is 0.421 e. The molecule has 0 bridgehead atoms. The zero-order chi connectivity index (χ0) is 38.1. The second-order valence-electron chi connectivity index (χ2n) is 11.7. The highest BCUT2D eigenvalue weighted by Crippen LogP contribution is 2.24. The number of aryl methyl sites for hydroxylation is 4. The van der Waals surface area contributed by atoms with Gasteiger partial charge >= 0.3 is 11.9 Å². The van der Waals surface area contributed by atoms with Gasteiger partial charge in [-0.3, -0.25) is 0 Å². The zero-order valence-electron chi connectivity index (χ0n) is 29.8. The minimum absolute atomic E-state index is 0.681. The lowest BCUT2D eigenvalue weighted by atomic mass is 10.2. The van der Waals surface area contributed by atoms with Crippen LogP contribution in [0.5, 0.6) is 5.75 Å². The van der Waals surface area contributed by atoms with Gasteiger partial charge in [-0.25, -0.2) is 35.1 Å². The predicted octanol–water partition coefficient (Wildman–Crippen LogP) is 2.72. The summed E-state index contributed by atoms with van der Waals surface area (Å²) in [4.78, 5) is 2.43. The van der Waals surface area contributed by atoms with E-state index in [9.17, 15) is 16.8 Å². The molecule has 0 aliphatic carbocycles. The second-order valence-corrected chi connectivity index (χ2v) is 14.8. The fourth-order valence-corrected chi connectivity index (χ4v) is 4.94. The standard InChI is InChI=1S/C30H39N9O.2CH4O4S/c1-35-21-23-38(29(35)33-31-25-9-13-27(14-10-25)37-17-7-8-18-37)19-5-4-6-20-39-24-22-36(2)30(39)34-32-26-11-15-28(40-3)16-12-26;2*1-6(3,4)5-2/h9-16,21-24H,4-8,17-20H2,1-3H3;2*2H,1H3/q+2;;/p-2. The van der Waals surface area contributed by atoms with Gasteiger partial charge in [-0.05, 0) is 80.6 Å². The van der Waals surface area contributed by atoms with Gasteiger partial charge in [0.1, 0.15) is 17.1 Å². The Hall–Kier alpha value is -4.60. The number of unbranched alkanes of at least 4 members (excludes halogenated alkanes) is 2.